The molecule has 2 heterocycles. The summed E-state index contributed by atoms with van der Waals surface area (Å²) in [6.07, 6.45) is 3.98. The van der Waals surface area contributed by atoms with Crippen molar-refractivity contribution in [1.82, 2.24) is 25.3 Å². The van der Waals surface area contributed by atoms with Gasteiger partial charge in [-0.05, 0) is 41.8 Å². The molecule has 0 amide bonds. The summed E-state index contributed by atoms with van der Waals surface area (Å²) in [5.41, 5.74) is 0.667. The molecule has 2 aromatic rings. The minimum atomic E-state index is 0.453. The van der Waals surface area contributed by atoms with Crippen LogP contribution in [0.2, 0.25) is 0 Å². The molecule has 1 aliphatic rings. The molecule has 0 bridgehead atoms. The molecule has 6 heteroatoms. The first-order valence-electron chi connectivity index (χ1n) is 5.63. The number of hydrogen-bond donors (Lipinski definition) is 1. The smallest absolute Gasteiger partial charge is 0.200 e. The molecule has 6 nitrogen and oxygen atoms in total. The average Bonchev–Trinajstić information content (AvgIpc) is 2.95. The second-order valence-corrected chi connectivity index (χ2v) is 4.47. The fraction of sp³-hybridized carbons (Fsp3) is 0.600. The Bertz CT molecular complexity index is 489. The third-order valence-electron chi connectivity index (χ3n) is 2.85. The molecule has 2 aromatic heterocycles. The van der Waals surface area contributed by atoms with E-state index in [1.807, 2.05) is 12.1 Å². The highest BCUT2D eigenvalue weighted by atomic mass is 15.6. The van der Waals surface area contributed by atoms with E-state index in [-0.39, 0.29) is 0 Å². The first-order valence-corrected chi connectivity index (χ1v) is 5.63. The summed E-state index contributed by atoms with van der Waals surface area (Å²) in [7, 11) is 0. The van der Waals surface area contributed by atoms with Gasteiger partial charge < -0.3 is 5.32 Å². The quantitative estimate of drug-likeness (QED) is 0.832. The van der Waals surface area contributed by atoms with E-state index >= 15 is 0 Å². The van der Waals surface area contributed by atoms with Gasteiger partial charge in [0.25, 0.3) is 0 Å². The molecule has 1 atom stereocenters. The molecular weight excluding hydrogens is 204 g/mol. The summed E-state index contributed by atoms with van der Waals surface area (Å²) in [6.45, 7) is 2.18. The highest BCUT2D eigenvalue weighted by molar-refractivity contribution is 5.42. The van der Waals surface area contributed by atoms with Crippen molar-refractivity contribution in [2.24, 2.45) is 5.92 Å². The molecule has 16 heavy (non-hydrogen) atoms. The maximum atomic E-state index is 4.27. The predicted molar refractivity (Wildman–Crippen MR) is 59.0 cm³/mol. The standard InChI is InChI=1S/C10H14N6/c1-7(6-8-2-3-8)11-9-4-5-10-12-14-15-16(10)13-9/h4-5,7-8H,2-3,6H2,1H3,(H,11,13). The first kappa shape index (κ1) is 9.50. The van der Waals surface area contributed by atoms with Crippen LogP contribution in [-0.2, 0) is 0 Å². The lowest BCUT2D eigenvalue weighted by Crippen LogP contribution is -2.17. The Hall–Kier alpha value is -1.72. The molecule has 0 aliphatic heterocycles. The van der Waals surface area contributed by atoms with Crippen molar-refractivity contribution in [3.8, 4) is 0 Å². The minimum Gasteiger partial charge on any atom is -0.366 e. The van der Waals surface area contributed by atoms with Gasteiger partial charge in [0.1, 0.15) is 5.82 Å². The summed E-state index contributed by atoms with van der Waals surface area (Å²) >= 11 is 0. The Morgan fingerprint density at radius 1 is 1.50 bits per heavy atom. The molecule has 1 saturated carbocycles. The van der Waals surface area contributed by atoms with Crippen molar-refractivity contribution in [2.75, 3.05) is 5.32 Å². The van der Waals surface area contributed by atoms with Crippen LogP contribution in [0, 0.1) is 5.92 Å². The van der Waals surface area contributed by atoms with Crippen LogP contribution in [-0.4, -0.2) is 31.3 Å². The van der Waals surface area contributed by atoms with Crippen LogP contribution in [0.25, 0.3) is 5.65 Å². The highest BCUT2D eigenvalue weighted by Gasteiger charge is 2.23. The Morgan fingerprint density at radius 3 is 3.19 bits per heavy atom. The zero-order chi connectivity index (χ0) is 11.0. The van der Waals surface area contributed by atoms with E-state index in [0.29, 0.717) is 11.7 Å². The number of hydrogen-bond acceptors (Lipinski definition) is 5. The van der Waals surface area contributed by atoms with Crippen molar-refractivity contribution in [3.05, 3.63) is 12.1 Å². The third kappa shape index (κ3) is 1.95. The molecule has 0 spiro atoms. The zero-order valence-electron chi connectivity index (χ0n) is 9.17. The van der Waals surface area contributed by atoms with Gasteiger partial charge in [-0.25, -0.2) is 0 Å². The molecule has 3 rings (SSSR count). The molecule has 1 fully saturated rings. The number of fused-ring (bicyclic) bond motifs is 1. The van der Waals surface area contributed by atoms with Crippen molar-refractivity contribution < 1.29 is 0 Å². The second kappa shape index (κ2) is 3.70. The van der Waals surface area contributed by atoms with Gasteiger partial charge in [0, 0.05) is 6.04 Å². The van der Waals surface area contributed by atoms with Crippen LogP contribution in [0.4, 0.5) is 5.82 Å². The number of aromatic nitrogens is 5. The summed E-state index contributed by atoms with van der Waals surface area (Å²) < 4.78 is 1.44. The van der Waals surface area contributed by atoms with E-state index in [4.69, 9.17) is 0 Å². The third-order valence-corrected chi connectivity index (χ3v) is 2.85. The van der Waals surface area contributed by atoms with Crippen molar-refractivity contribution in [2.45, 2.75) is 32.2 Å². The fourth-order valence-electron chi connectivity index (χ4n) is 1.89. The molecule has 1 N–H and O–H groups in total. The average molecular weight is 218 g/mol. The summed E-state index contributed by atoms with van der Waals surface area (Å²) in [6, 6.07) is 4.22. The van der Waals surface area contributed by atoms with E-state index in [2.05, 4.69) is 32.9 Å². The largest absolute Gasteiger partial charge is 0.366 e. The van der Waals surface area contributed by atoms with Gasteiger partial charge >= 0.3 is 0 Å². The summed E-state index contributed by atoms with van der Waals surface area (Å²) in [4.78, 5) is 0. The Morgan fingerprint density at radius 2 is 2.38 bits per heavy atom. The minimum absolute atomic E-state index is 0.453. The Kier molecular flexibility index (Phi) is 2.19. The van der Waals surface area contributed by atoms with Crippen LogP contribution >= 0.6 is 0 Å². The van der Waals surface area contributed by atoms with Crippen molar-refractivity contribution in [1.29, 1.82) is 0 Å². The van der Waals surface area contributed by atoms with Crippen molar-refractivity contribution in [3.63, 3.8) is 0 Å². The number of nitrogens with one attached hydrogen (secondary N) is 1. The Balaban J connectivity index is 1.72. The zero-order valence-corrected chi connectivity index (χ0v) is 9.17. The maximum Gasteiger partial charge on any atom is 0.200 e. The van der Waals surface area contributed by atoms with E-state index in [9.17, 15) is 0 Å². The van der Waals surface area contributed by atoms with Gasteiger partial charge in [0.15, 0.2) is 5.65 Å². The monoisotopic (exact) mass is 218 g/mol. The van der Waals surface area contributed by atoms with Crippen LogP contribution in [0.15, 0.2) is 12.1 Å². The van der Waals surface area contributed by atoms with E-state index in [1.54, 1.807) is 0 Å². The maximum absolute atomic E-state index is 4.27. The lowest BCUT2D eigenvalue weighted by molar-refractivity contribution is 0.635. The van der Waals surface area contributed by atoms with E-state index in [0.717, 1.165) is 11.7 Å². The molecule has 1 aliphatic carbocycles. The number of tetrazole rings is 1. The second-order valence-electron chi connectivity index (χ2n) is 4.47. The topological polar surface area (TPSA) is 68.0 Å². The van der Waals surface area contributed by atoms with Gasteiger partial charge in [-0.15, -0.1) is 14.8 Å². The van der Waals surface area contributed by atoms with Gasteiger partial charge in [-0.3, -0.25) is 0 Å². The molecular formula is C10H14N6. The van der Waals surface area contributed by atoms with E-state index in [1.165, 1.54) is 23.9 Å². The SMILES string of the molecule is CC(CC1CC1)Nc1ccc2nnnn2n1. The summed E-state index contributed by atoms with van der Waals surface area (Å²) in [5, 5.41) is 18.8. The van der Waals surface area contributed by atoms with Gasteiger partial charge in [0.2, 0.25) is 0 Å². The summed E-state index contributed by atoms with van der Waals surface area (Å²) in [5.74, 6) is 1.74. The van der Waals surface area contributed by atoms with Crippen LogP contribution < -0.4 is 5.32 Å². The molecule has 0 aromatic carbocycles. The van der Waals surface area contributed by atoms with Crippen LogP contribution in [0.5, 0.6) is 0 Å². The van der Waals surface area contributed by atoms with Crippen molar-refractivity contribution >= 4 is 11.5 Å². The molecule has 84 valence electrons. The predicted octanol–water partition coefficient (Wildman–Crippen LogP) is 1.12. The lowest BCUT2D eigenvalue weighted by Gasteiger charge is -2.13. The number of anilines is 1. The Labute approximate surface area is 93.0 Å². The first-order chi connectivity index (χ1) is 7.81. The molecule has 1 unspecified atom stereocenters. The normalized spacial score (nSPS) is 17.6. The lowest BCUT2D eigenvalue weighted by atomic mass is 10.1. The van der Waals surface area contributed by atoms with Gasteiger partial charge in [-0.2, -0.15) is 0 Å². The van der Waals surface area contributed by atoms with E-state index < -0.39 is 0 Å². The van der Waals surface area contributed by atoms with Gasteiger partial charge in [-0.1, -0.05) is 12.8 Å². The highest BCUT2D eigenvalue weighted by Crippen LogP contribution is 2.33. The van der Waals surface area contributed by atoms with Gasteiger partial charge in [0.05, 0.1) is 0 Å². The molecule has 0 saturated heterocycles. The molecule has 0 radical (unpaired) electrons. The number of rotatable bonds is 4. The van der Waals surface area contributed by atoms with Crippen LogP contribution in [0.1, 0.15) is 26.2 Å². The fourth-order valence-corrected chi connectivity index (χ4v) is 1.89. The number of nitrogens with zero attached hydrogens (tertiary/aromatic N) is 5. The van der Waals surface area contributed by atoms with Crippen LogP contribution in [0.3, 0.4) is 0 Å².